The molecule has 1 aliphatic rings. The minimum absolute atomic E-state index is 0.474. The third-order valence-electron chi connectivity index (χ3n) is 3.63. The number of hydrogen-bond donors (Lipinski definition) is 1. The van der Waals surface area contributed by atoms with Crippen LogP contribution in [0.2, 0.25) is 0 Å². The van der Waals surface area contributed by atoms with Crippen molar-refractivity contribution in [3.63, 3.8) is 0 Å². The van der Waals surface area contributed by atoms with Crippen molar-refractivity contribution >= 4 is 10.9 Å². The van der Waals surface area contributed by atoms with Crippen LogP contribution in [0.1, 0.15) is 12.8 Å². The summed E-state index contributed by atoms with van der Waals surface area (Å²) in [5.41, 5.74) is 0.0793. The Balaban J connectivity index is 1.89. The van der Waals surface area contributed by atoms with Crippen molar-refractivity contribution in [2.75, 3.05) is 13.1 Å². The van der Waals surface area contributed by atoms with Gasteiger partial charge in [0, 0.05) is 11.7 Å². The van der Waals surface area contributed by atoms with Crippen molar-refractivity contribution in [2.24, 2.45) is 0 Å². The van der Waals surface area contributed by atoms with E-state index in [0.717, 1.165) is 18.6 Å². The largest absolute Gasteiger partial charge is 0.344 e. The van der Waals surface area contributed by atoms with Gasteiger partial charge >= 0.3 is 0 Å². The Morgan fingerprint density at radius 2 is 1.94 bits per heavy atom. The third kappa shape index (κ3) is 2.07. The fourth-order valence-electron chi connectivity index (χ4n) is 2.62. The second-order valence-electron chi connectivity index (χ2n) is 4.90. The molecular weight excluding hydrogens is 215 g/mol. The Labute approximate surface area is 100 Å². The third-order valence-corrected chi connectivity index (χ3v) is 3.63. The number of hydrogen-bond acceptors (Lipinski definition) is 1. The monoisotopic (exact) mass is 232 g/mol. The summed E-state index contributed by atoms with van der Waals surface area (Å²) < 4.78 is 16.6. The van der Waals surface area contributed by atoms with Crippen LogP contribution in [0.25, 0.3) is 10.9 Å². The summed E-state index contributed by atoms with van der Waals surface area (Å²) in [5.74, 6) is 0. The van der Waals surface area contributed by atoms with Gasteiger partial charge in [0.2, 0.25) is 0 Å². The van der Waals surface area contributed by atoms with Crippen LogP contribution >= 0.6 is 0 Å². The van der Waals surface area contributed by atoms with Crippen LogP contribution in [0.4, 0.5) is 4.39 Å². The summed E-state index contributed by atoms with van der Waals surface area (Å²) in [5, 5.41) is 4.39. The molecule has 3 heteroatoms. The lowest BCUT2D eigenvalue weighted by Crippen LogP contribution is -2.41. The first-order valence-electron chi connectivity index (χ1n) is 6.20. The molecule has 0 unspecified atom stereocenters. The van der Waals surface area contributed by atoms with Crippen LogP contribution in [-0.4, -0.2) is 23.3 Å². The van der Waals surface area contributed by atoms with E-state index in [0.29, 0.717) is 19.4 Å². The van der Waals surface area contributed by atoms with Gasteiger partial charge in [-0.1, -0.05) is 18.2 Å². The van der Waals surface area contributed by atoms with Gasteiger partial charge in [0.25, 0.3) is 0 Å². The first kappa shape index (κ1) is 10.8. The van der Waals surface area contributed by atoms with E-state index in [4.69, 9.17) is 0 Å². The molecule has 1 saturated heterocycles. The average molecular weight is 232 g/mol. The molecule has 2 heterocycles. The summed E-state index contributed by atoms with van der Waals surface area (Å²) in [7, 11) is 0. The lowest BCUT2D eigenvalue weighted by Gasteiger charge is -2.30. The minimum atomic E-state index is -1.05. The quantitative estimate of drug-likeness (QED) is 0.842. The van der Waals surface area contributed by atoms with Crippen molar-refractivity contribution in [2.45, 2.75) is 25.1 Å². The van der Waals surface area contributed by atoms with E-state index in [1.165, 1.54) is 5.39 Å². The summed E-state index contributed by atoms with van der Waals surface area (Å²) in [4.78, 5) is 0. The molecule has 0 radical (unpaired) electrons. The molecule has 1 fully saturated rings. The molecule has 1 aromatic heterocycles. The van der Waals surface area contributed by atoms with Crippen LogP contribution in [-0.2, 0) is 6.54 Å². The van der Waals surface area contributed by atoms with Crippen LogP contribution in [0.3, 0.4) is 0 Å². The number of piperidine rings is 1. The van der Waals surface area contributed by atoms with Gasteiger partial charge in [0.05, 0.1) is 6.54 Å². The smallest absolute Gasteiger partial charge is 0.131 e. The number of benzene rings is 1. The zero-order valence-corrected chi connectivity index (χ0v) is 9.82. The fraction of sp³-hybridized carbons (Fsp3) is 0.429. The topological polar surface area (TPSA) is 17.0 Å². The summed E-state index contributed by atoms with van der Waals surface area (Å²) >= 11 is 0. The van der Waals surface area contributed by atoms with Crippen LogP contribution in [0.15, 0.2) is 36.5 Å². The van der Waals surface area contributed by atoms with Gasteiger partial charge in [-0.15, -0.1) is 0 Å². The summed E-state index contributed by atoms with van der Waals surface area (Å²) in [6, 6.07) is 10.2. The SMILES string of the molecule is FC1(Cn2ccc3ccccc32)CCNCC1. The maximum Gasteiger partial charge on any atom is 0.131 e. The van der Waals surface area contributed by atoms with Gasteiger partial charge in [-0.2, -0.15) is 0 Å². The molecule has 90 valence electrons. The molecule has 0 spiro atoms. The van der Waals surface area contributed by atoms with E-state index < -0.39 is 5.67 Å². The highest BCUT2D eigenvalue weighted by atomic mass is 19.1. The Morgan fingerprint density at radius 1 is 1.18 bits per heavy atom. The van der Waals surface area contributed by atoms with Gasteiger partial charge in [0.15, 0.2) is 0 Å². The number of alkyl halides is 1. The molecule has 3 rings (SSSR count). The fourth-order valence-corrected chi connectivity index (χ4v) is 2.62. The molecule has 0 aliphatic carbocycles. The molecule has 0 saturated carbocycles. The normalized spacial score (nSPS) is 19.6. The Bertz CT molecular complexity index is 512. The number of aromatic nitrogens is 1. The average Bonchev–Trinajstić information content (AvgIpc) is 2.73. The highest BCUT2D eigenvalue weighted by Gasteiger charge is 2.32. The highest BCUT2D eigenvalue weighted by Crippen LogP contribution is 2.27. The molecule has 0 bridgehead atoms. The lowest BCUT2D eigenvalue weighted by molar-refractivity contribution is 0.0955. The Kier molecular flexibility index (Phi) is 2.63. The first-order chi connectivity index (χ1) is 8.27. The maximum atomic E-state index is 14.6. The molecule has 1 N–H and O–H groups in total. The molecule has 1 aromatic carbocycles. The predicted molar refractivity (Wildman–Crippen MR) is 67.9 cm³/mol. The number of nitrogens with zero attached hydrogens (tertiary/aromatic N) is 1. The van der Waals surface area contributed by atoms with Gasteiger partial charge in [-0.05, 0) is 43.5 Å². The van der Waals surface area contributed by atoms with Crippen molar-refractivity contribution in [3.05, 3.63) is 36.5 Å². The van der Waals surface area contributed by atoms with Gasteiger partial charge in [-0.25, -0.2) is 4.39 Å². The lowest BCUT2D eigenvalue weighted by atomic mass is 9.94. The van der Waals surface area contributed by atoms with Crippen molar-refractivity contribution < 1.29 is 4.39 Å². The second kappa shape index (κ2) is 4.15. The summed E-state index contributed by atoms with van der Waals surface area (Å²) in [6.45, 7) is 2.05. The minimum Gasteiger partial charge on any atom is -0.344 e. The van der Waals surface area contributed by atoms with E-state index in [1.54, 1.807) is 0 Å². The molecule has 0 atom stereocenters. The van der Waals surface area contributed by atoms with E-state index in [-0.39, 0.29) is 0 Å². The van der Waals surface area contributed by atoms with Crippen molar-refractivity contribution in [1.82, 2.24) is 9.88 Å². The van der Waals surface area contributed by atoms with E-state index in [9.17, 15) is 4.39 Å². The van der Waals surface area contributed by atoms with Gasteiger partial charge in [0.1, 0.15) is 5.67 Å². The highest BCUT2D eigenvalue weighted by molar-refractivity contribution is 5.79. The van der Waals surface area contributed by atoms with Crippen LogP contribution in [0.5, 0.6) is 0 Å². The second-order valence-corrected chi connectivity index (χ2v) is 4.90. The number of para-hydroxylation sites is 1. The summed E-state index contributed by atoms with van der Waals surface area (Å²) in [6.07, 6.45) is 3.22. The zero-order valence-electron chi connectivity index (χ0n) is 9.82. The van der Waals surface area contributed by atoms with Crippen LogP contribution < -0.4 is 5.32 Å². The standard InChI is InChI=1S/C14H17FN2/c15-14(6-8-16-9-7-14)11-17-10-5-12-3-1-2-4-13(12)17/h1-5,10,16H,6-9,11H2. The van der Waals surface area contributed by atoms with Gasteiger partial charge in [-0.3, -0.25) is 0 Å². The molecule has 0 amide bonds. The van der Waals surface area contributed by atoms with Gasteiger partial charge < -0.3 is 9.88 Å². The van der Waals surface area contributed by atoms with E-state index in [1.807, 2.05) is 22.9 Å². The molecule has 2 aromatic rings. The van der Waals surface area contributed by atoms with E-state index >= 15 is 0 Å². The number of nitrogens with one attached hydrogen (secondary N) is 1. The van der Waals surface area contributed by atoms with Crippen molar-refractivity contribution in [3.8, 4) is 0 Å². The molecule has 1 aliphatic heterocycles. The maximum absolute atomic E-state index is 14.6. The Hall–Kier alpha value is -1.35. The molecule has 17 heavy (non-hydrogen) atoms. The number of halogens is 1. The number of rotatable bonds is 2. The predicted octanol–water partition coefficient (Wildman–Crippen LogP) is 2.73. The zero-order chi connectivity index (χ0) is 11.7. The molecule has 2 nitrogen and oxygen atoms in total. The van der Waals surface area contributed by atoms with E-state index in [2.05, 4.69) is 23.5 Å². The van der Waals surface area contributed by atoms with Crippen LogP contribution in [0, 0.1) is 0 Å². The number of fused-ring (bicyclic) bond motifs is 1. The van der Waals surface area contributed by atoms with Crippen molar-refractivity contribution in [1.29, 1.82) is 0 Å². The first-order valence-corrected chi connectivity index (χ1v) is 6.20. The Morgan fingerprint density at radius 3 is 2.76 bits per heavy atom. The molecular formula is C14H17FN2.